The van der Waals surface area contributed by atoms with Gasteiger partial charge in [0, 0.05) is 22.5 Å². The Morgan fingerprint density at radius 2 is 1.56 bits per heavy atom. The average Bonchev–Trinajstić information content (AvgIpc) is 3.26. The fourth-order valence-corrected chi connectivity index (χ4v) is 4.73. The van der Waals surface area contributed by atoms with Crippen molar-refractivity contribution in [1.29, 1.82) is 0 Å². The normalized spacial score (nSPS) is 11.2. The summed E-state index contributed by atoms with van der Waals surface area (Å²) in [6, 6.07) is 27.7. The molecule has 4 nitrogen and oxygen atoms in total. The van der Waals surface area contributed by atoms with Crippen LogP contribution in [0.5, 0.6) is 0 Å². The van der Waals surface area contributed by atoms with Crippen LogP contribution in [-0.2, 0) is 12.3 Å². The first-order valence-corrected chi connectivity index (χ1v) is 11.6. The summed E-state index contributed by atoms with van der Waals surface area (Å²) >= 11 is 7.58. The number of H-pyrrole nitrogens is 1. The molecule has 0 atom stereocenters. The molecular formula is C26H20ClN3OS. The molecular weight excluding hydrogens is 438 g/mol. The number of nitrogens with zero attached hydrogens (tertiary/aromatic N) is 2. The van der Waals surface area contributed by atoms with Crippen molar-refractivity contribution in [2.75, 3.05) is 0 Å². The maximum atomic E-state index is 13.5. The van der Waals surface area contributed by atoms with Crippen molar-refractivity contribution in [1.82, 2.24) is 14.5 Å². The molecule has 0 radical (unpaired) electrons. The second kappa shape index (κ2) is 9.07. The highest BCUT2D eigenvalue weighted by molar-refractivity contribution is 7.98. The van der Waals surface area contributed by atoms with Crippen LogP contribution in [0.15, 0.2) is 101 Å². The Morgan fingerprint density at radius 1 is 0.875 bits per heavy atom. The van der Waals surface area contributed by atoms with Gasteiger partial charge in [-0.1, -0.05) is 96.2 Å². The van der Waals surface area contributed by atoms with Crippen molar-refractivity contribution >= 4 is 34.4 Å². The number of benzene rings is 3. The van der Waals surface area contributed by atoms with E-state index in [-0.39, 0.29) is 5.56 Å². The van der Waals surface area contributed by atoms with Gasteiger partial charge in [-0.2, -0.15) is 0 Å². The number of thioether (sulfide) groups is 1. The van der Waals surface area contributed by atoms with Crippen LogP contribution >= 0.6 is 23.4 Å². The second-order valence-corrected chi connectivity index (χ2v) is 8.86. The molecule has 1 N–H and O–H groups in total. The van der Waals surface area contributed by atoms with E-state index >= 15 is 0 Å². The third-order valence-corrected chi connectivity index (χ3v) is 6.60. The van der Waals surface area contributed by atoms with E-state index in [0.29, 0.717) is 33.5 Å². The topological polar surface area (TPSA) is 50.7 Å². The van der Waals surface area contributed by atoms with Crippen LogP contribution in [0.4, 0.5) is 0 Å². The summed E-state index contributed by atoms with van der Waals surface area (Å²) in [7, 11) is 0. The summed E-state index contributed by atoms with van der Waals surface area (Å²) in [5.74, 6) is 0.689. The van der Waals surface area contributed by atoms with Gasteiger partial charge in [0.1, 0.15) is 11.0 Å². The van der Waals surface area contributed by atoms with E-state index in [1.54, 1.807) is 16.3 Å². The Morgan fingerprint density at radius 3 is 2.28 bits per heavy atom. The van der Waals surface area contributed by atoms with Gasteiger partial charge in [-0.25, -0.2) is 4.98 Å². The number of aromatic amines is 1. The van der Waals surface area contributed by atoms with E-state index in [1.165, 1.54) is 0 Å². The first-order chi connectivity index (χ1) is 15.7. The number of fused-ring (bicyclic) bond motifs is 1. The minimum Gasteiger partial charge on any atom is -0.355 e. The lowest BCUT2D eigenvalue weighted by molar-refractivity contribution is 0.657. The van der Waals surface area contributed by atoms with E-state index in [0.717, 1.165) is 22.3 Å². The van der Waals surface area contributed by atoms with Crippen molar-refractivity contribution < 1.29 is 0 Å². The SMILES string of the molecule is O=c1c2[nH]cc(-c3ccccc3)c2nc(SCc2ccc(Cl)cc2)n1Cc1ccccc1. The predicted octanol–water partition coefficient (Wildman–Crippen LogP) is 6.39. The molecule has 0 amide bonds. The lowest BCUT2D eigenvalue weighted by Gasteiger charge is -2.13. The Balaban J connectivity index is 1.60. The lowest BCUT2D eigenvalue weighted by atomic mass is 10.1. The van der Waals surface area contributed by atoms with Crippen LogP contribution in [0.1, 0.15) is 11.1 Å². The molecule has 6 heteroatoms. The number of hydrogen-bond donors (Lipinski definition) is 1. The number of halogens is 1. The monoisotopic (exact) mass is 457 g/mol. The van der Waals surface area contributed by atoms with Gasteiger partial charge in [0.15, 0.2) is 5.16 Å². The van der Waals surface area contributed by atoms with Gasteiger partial charge in [0.05, 0.1) is 6.54 Å². The third kappa shape index (κ3) is 4.22. The van der Waals surface area contributed by atoms with Gasteiger partial charge in [0.25, 0.3) is 5.56 Å². The molecule has 0 aliphatic carbocycles. The fourth-order valence-electron chi connectivity index (χ4n) is 3.65. The molecule has 0 fully saturated rings. The number of hydrogen-bond acceptors (Lipinski definition) is 3. The summed E-state index contributed by atoms with van der Waals surface area (Å²) in [6.07, 6.45) is 1.87. The summed E-state index contributed by atoms with van der Waals surface area (Å²) in [5.41, 5.74) is 5.29. The van der Waals surface area contributed by atoms with Crippen molar-refractivity contribution in [2.24, 2.45) is 0 Å². The van der Waals surface area contributed by atoms with Gasteiger partial charge in [0.2, 0.25) is 0 Å². The standard InChI is InChI=1S/C26H20ClN3OS/c27-21-13-11-19(12-14-21)17-32-26-29-23-22(20-9-5-2-6-10-20)15-28-24(23)25(31)30(26)16-18-7-3-1-4-8-18/h1-15,28H,16-17H2. The molecule has 0 aliphatic rings. The molecule has 0 spiro atoms. The molecule has 32 heavy (non-hydrogen) atoms. The summed E-state index contributed by atoms with van der Waals surface area (Å²) < 4.78 is 1.75. The zero-order chi connectivity index (χ0) is 21.9. The van der Waals surface area contributed by atoms with Gasteiger partial charge < -0.3 is 4.98 Å². The highest BCUT2D eigenvalue weighted by atomic mass is 35.5. The molecule has 5 aromatic rings. The molecule has 0 saturated heterocycles. The molecule has 0 unspecified atom stereocenters. The first-order valence-electron chi connectivity index (χ1n) is 10.3. The van der Waals surface area contributed by atoms with E-state index in [4.69, 9.17) is 16.6 Å². The largest absolute Gasteiger partial charge is 0.355 e. The molecule has 0 bridgehead atoms. The Hall–Kier alpha value is -3.28. The maximum absolute atomic E-state index is 13.5. The van der Waals surface area contributed by atoms with E-state index in [1.807, 2.05) is 91.1 Å². The molecule has 5 rings (SSSR count). The van der Waals surface area contributed by atoms with Crippen LogP contribution in [0.25, 0.3) is 22.2 Å². The minimum atomic E-state index is -0.0698. The molecule has 158 valence electrons. The number of aromatic nitrogens is 3. The Labute approximate surface area is 194 Å². The van der Waals surface area contributed by atoms with Crippen molar-refractivity contribution in [3.05, 3.63) is 118 Å². The van der Waals surface area contributed by atoms with Gasteiger partial charge in [-0.05, 0) is 28.8 Å². The Bertz CT molecular complexity index is 1410. The molecule has 2 heterocycles. The third-order valence-electron chi connectivity index (χ3n) is 5.30. The van der Waals surface area contributed by atoms with E-state index in [9.17, 15) is 4.79 Å². The quantitative estimate of drug-likeness (QED) is 0.237. The smallest absolute Gasteiger partial charge is 0.278 e. The molecule has 0 aliphatic heterocycles. The van der Waals surface area contributed by atoms with Crippen molar-refractivity contribution in [2.45, 2.75) is 17.5 Å². The summed E-state index contributed by atoms with van der Waals surface area (Å²) in [6.45, 7) is 0.464. The van der Waals surface area contributed by atoms with Gasteiger partial charge in [-0.3, -0.25) is 9.36 Å². The Kier molecular flexibility index (Phi) is 5.84. The zero-order valence-corrected chi connectivity index (χ0v) is 18.7. The predicted molar refractivity (Wildman–Crippen MR) is 132 cm³/mol. The fraction of sp³-hybridized carbons (Fsp3) is 0.0769. The number of nitrogens with one attached hydrogen (secondary N) is 1. The van der Waals surface area contributed by atoms with Crippen LogP contribution in [0.2, 0.25) is 5.02 Å². The highest BCUT2D eigenvalue weighted by Gasteiger charge is 2.17. The van der Waals surface area contributed by atoms with Crippen molar-refractivity contribution in [3.63, 3.8) is 0 Å². The van der Waals surface area contributed by atoms with Crippen molar-refractivity contribution in [3.8, 4) is 11.1 Å². The van der Waals surface area contributed by atoms with Gasteiger partial charge in [-0.15, -0.1) is 0 Å². The molecule has 3 aromatic carbocycles. The van der Waals surface area contributed by atoms with Crippen LogP contribution in [0, 0.1) is 0 Å². The molecule has 0 saturated carbocycles. The van der Waals surface area contributed by atoms with Gasteiger partial charge >= 0.3 is 0 Å². The first kappa shape index (κ1) is 20.6. The average molecular weight is 458 g/mol. The second-order valence-electron chi connectivity index (χ2n) is 7.48. The summed E-state index contributed by atoms with van der Waals surface area (Å²) in [5, 5.41) is 1.40. The minimum absolute atomic E-state index is 0.0698. The highest BCUT2D eigenvalue weighted by Crippen LogP contribution is 2.29. The van der Waals surface area contributed by atoms with Crippen LogP contribution in [-0.4, -0.2) is 14.5 Å². The van der Waals surface area contributed by atoms with E-state index in [2.05, 4.69) is 4.98 Å². The van der Waals surface area contributed by atoms with E-state index < -0.39 is 0 Å². The van der Waals surface area contributed by atoms with Crippen LogP contribution < -0.4 is 5.56 Å². The molecule has 2 aromatic heterocycles. The van der Waals surface area contributed by atoms with Crippen LogP contribution in [0.3, 0.4) is 0 Å². The number of rotatable bonds is 6. The maximum Gasteiger partial charge on any atom is 0.278 e. The zero-order valence-electron chi connectivity index (χ0n) is 17.2. The summed E-state index contributed by atoms with van der Waals surface area (Å²) in [4.78, 5) is 21.7. The lowest BCUT2D eigenvalue weighted by Crippen LogP contribution is -2.24.